The van der Waals surface area contributed by atoms with Crippen molar-refractivity contribution in [1.29, 1.82) is 0 Å². The second kappa shape index (κ2) is 7.91. The van der Waals surface area contributed by atoms with Gasteiger partial charge in [-0.25, -0.2) is 0 Å². The fourth-order valence-electron chi connectivity index (χ4n) is 1.03. The van der Waals surface area contributed by atoms with Gasteiger partial charge in [-0.2, -0.15) is 0 Å². The number of thiocarbonyl (C=S) groups is 1. The zero-order valence-corrected chi connectivity index (χ0v) is 7.86. The Morgan fingerprint density at radius 3 is 2.27 bits per heavy atom. The molecule has 0 saturated carbocycles. The first-order valence-corrected chi connectivity index (χ1v) is 4.40. The number of piperazine rings is 1. The van der Waals surface area contributed by atoms with Crippen LogP contribution in [0, 0.1) is 0 Å². The summed E-state index contributed by atoms with van der Waals surface area (Å²) in [5.74, 6) is 0. The summed E-state index contributed by atoms with van der Waals surface area (Å²) in [7, 11) is 0. The Hall–Kier alpha value is -0.190. The van der Waals surface area contributed by atoms with Crippen molar-refractivity contribution in [3.63, 3.8) is 0 Å². The Kier molecular flexibility index (Phi) is 7.78. The van der Waals surface area contributed by atoms with E-state index in [4.69, 9.17) is 0 Å². The van der Waals surface area contributed by atoms with E-state index in [1.54, 1.807) is 0 Å². The molecule has 1 aliphatic rings. The highest BCUT2D eigenvalue weighted by atomic mass is 32.1. The van der Waals surface area contributed by atoms with Gasteiger partial charge in [0.05, 0.1) is 5.49 Å². The van der Waals surface area contributed by atoms with Crippen molar-refractivity contribution < 1.29 is 0 Å². The third-order valence-electron chi connectivity index (χ3n) is 1.66. The summed E-state index contributed by atoms with van der Waals surface area (Å²) in [5.41, 5.74) is 5.62. The fourth-order valence-corrected chi connectivity index (χ4v) is 1.03. The maximum Gasteiger partial charge on any atom is 0.0588 e. The molecular formula is C7H17N3S. The zero-order chi connectivity index (χ0) is 8.53. The van der Waals surface area contributed by atoms with Crippen LogP contribution in [0.5, 0.6) is 0 Å². The highest BCUT2D eigenvalue weighted by Crippen LogP contribution is 1.88. The lowest BCUT2D eigenvalue weighted by molar-refractivity contribution is 0.253. The minimum absolute atomic E-state index is 1.08. The van der Waals surface area contributed by atoms with Crippen LogP contribution in [0.25, 0.3) is 0 Å². The highest BCUT2D eigenvalue weighted by molar-refractivity contribution is 7.78. The second-order valence-corrected chi connectivity index (χ2v) is 2.59. The summed E-state index contributed by atoms with van der Waals surface area (Å²) in [6, 6.07) is 0. The molecule has 0 aliphatic carbocycles. The molecule has 1 fully saturated rings. The van der Waals surface area contributed by atoms with Crippen LogP contribution >= 0.6 is 12.2 Å². The lowest BCUT2D eigenvalue weighted by Gasteiger charge is -2.25. The van der Waals surface area contributed by atoms with Crippen molar-refractivity contribution >= 4 is 17.7 Å². The van der Waals surface area contributed by atoms with Crippen LogP contribution in [0.15, 0.2) is 0 Å². The topological polar surface area (TPSA) is 41.3 Å². The molecule has 1 heterocycles. The van der Waals surface area contributed by atoms with E-state index in [9.17, 15) is 0 Å². The maximum atomic E-state index is 4.54. The van der Waals surface area contributed by atoms with Crippen LogP contribution in [-0.2, 0) is 0 Å². The fraction of sp³-hybridized carbons (Fsp3) is 0.857. The summed E-state index contributed by atoms with van der Waals surface area (Å²) in [5, 5.41) is 3.31. The lowest BCUT2D eigenvalue weighted by Crippen LogP contribution is -2.43. The SMILES string of the molecule is CCN1CCNCC1.NC=S. The van der Waals surface area contributed by atoms with Crippen LogP contribution in [-0.4, -0.2) is 43.1 Å². The molecule has 0 aromatic carbocycles. The van der Waals surface area contributed by atoms with E-state index in [2.05, 4.69) is 35.1 Å². The lowest BCUT2D eigenvalue weighted by atomic mass is 10.4. The molecule has 0 radical (unpaired) electrons. The van der Waals surface area contributed by atoms with E-state index in [0.717, 1.165) is 5.49 Å². The van der Waals surface area contributed by atoms with Crippen LogP contribution in [0.4, 0.5) is 0 Å². The Bertz CT molecular complexity index is 91.7. The minimum Gasteiger partial charge on any atom is -0.396 e. The minimum atomic E-state index is 1.08. The van der Waals surface area contributed by atoms with Crippen molar-refractivity contribution in [1.82, 2.24) is 10.2 Å². The van der Waals surface area contributed by atoms with Gasteiger partial charge in [-0.1, -0.05) is 19.1 Å². The molecule has 1 rings (SSSR count). The molecule has 66 valence electrons. The van der Waals surface area contributed by atoms with Crippen LogP contribution in [0.3, 0.4) is 0 Å². The van der Waals surface area contributed by atoms with Gasteiger partial charge < -0.3 is 16.0 Å². The number of hydrogen-bond donors (Lipinski definition) is 2. The van der Waals surface area contributed by atoms with E-state index in [-0.39, 0.29) is 0 Å². The summed E-state index contributed by atoms with van der Waals surface area (Å²) in [4.78, 5) is 2.45. The van der Waals surface area contributed by atoms with Crippen molar-refractivity contribution in [3.8, 4) is 0 Å². The number of rotatable bonds is 1. The molecule has 0 spiro atoms. The van der Waals surface area contributed by atoms with E-state index in [1.807, 2.05) is 0 Å². The highest BCUT2D eigenvalue weighted by Gasteiger charge is 2.04. The first kappa shape index (κ1) is 10.8. The molecule has 0 bridgehead atoms. The molecule has 3 nitrogen and oxygen atoms in total. The van der Waals surface area contributed by atoms with E-state index in [0.29, 0.717) is 0 Å². The predicted molar refractivity (Wildman–Crippen MR) is 52.8 cm³/mol. The Labute approximate surface area is 73.9 Å². The predicted octanol–water partition coefficient (Wildman–Crippen LogP) is -0.186. The average Bonchev–Trinajstić information content (AvgIpc) is 2.08. The van der Waals surface area contributed by atoms with Gasteiger partial charge in [-0.15, -0.1) is 0 Å². The maximum absolute atomic E-state index is 4.54. The molecule has 3 N–H and O–H groups in total. The zero-order valence-electron chi connectivity index (χ0n) is 7.05. The molecular weight excluding hydrogens is 158 g/mol. The third-order valence-corrected chi connectivity index (χ3v) is 1.66. The molecule has 11 heavy (non-hydrogen) atoms. The summed E-state index contributed by atoms with van der Waals surface area (Å²) in [6.07, 6.45) is 0. The van der Waals surface area contributed by atoms with Gasteiger partial charge in [0.2, 0.25) is 0 Å². The van der Waals surface area contributed by atoms with Gasteiger partial charge in [0.25, 0.3) is 0 Å². The largest absolute Gasteiger partial charge is 0.396 e. The van der Waals surface area contributed by atoms with Crippen molar-refractivity contribution in [2.24, 2.45) is 5.73 Å². The normalized spacial score (nSPS) is 18.3. The van der Waals surface area contributed by atoms with Gasteiger partial charge in [-0.05, 0) is 6.54 Å². The van der Waals surface area contributed by atoms with Crippen molar-refractivity contribution in [3.05, 3.63) is 0 Å². The van der Waals surface area contributed by atoms with Crippen LogP contribution < -0.4 is 11.1 Å². The van der Waals surface area contributed by atoms with E-state index >= 15 is 0 Å². The third kappa shape index (κ3) is 6.22. The molecule has 0 atom stereocenters. The van der Waals surface area contributed by atoms with Crippen LogP contribution in [0.1, 0.15) is 6.92 Å². The molecule has 0 amide bonds. The summed E-state index contributed by atoms with van der Waals surface area (Å²) < 4.78 is 0. The number of hydrogen-bond acceptors (Lipinski definition) is 3. The second-order valence-electron chi connectivity index (χ2n) is 2.32. The van der Waals surface area contributed by atoms with Crippen LogP contribution in [0.2, 0.25) is 0 Å². The Morgan fingerprint density at radius 2 is 2.00 bits per heavy atom. The van der Waals surface area contributed by atoms with Gasteiger partial charge in [0.15, 0.2) is 0 Å². The van der Waals surface area contributed by atoms with E-state index < -0.39 is 0 Å². The van der Waals surface area contributed by atoms with Crippen molar-refractivity contribution in [2.75, 3.05) is 32.7 Å². The molecule has 0 aromatic heterocycles. The first-order chi connectivity index (χ1) is 5.35. The van der Waals surface area contributed by atoms with Gasteiger partial charge in [0, 0.05) is 26.2 Å². The first-order valence-electron chi connectivity index (χ1n) is 3.93. The molecule has 0 unspecified atom stereocenters. The number of nitrogens with zero attached hydrogens (tertiary/aromatic N) is 1. The molecule has 0 aromatic rings. The number of nitrogens with one attached hydrogen (secondary N) is 1. The summed E-state index contributed by atoms with van der Waals surface area (Å²) >= 11 is 4.05. The quantitative estimate of drug-likeness (QED) is 0.542. The number of likely N-dealkylation sites (N-methyl/N-ethyl adjacent to an activating group) is 1. The number of nitrogens with two attached hydrogens (primary N) is 1. The van der Waals surface area contributed by atoms with Gasteiger partial charge in [-0.3, -0.25) is 0 Å². The summed E-state index contributed by atoms with van der Waals surface area (Å²) in [6.45, 7) is 8.24. The molecule has 4 heteroatoms. The monoisotopic (exact) mass is 175 g/mol. The van der Waals surface area contributed by atoms with Crippen molar-refractivity contribution in [2.45, 2.75) is 6.92 Å². The Morgan fingerprint density at radius 1 is 1.55 bits per heavy atom. The average molecular weight is 175 g/mol. The molecule has 1 saturated heterocycles. The molecule has 1 aliphatic heterocycles. The van der Waals surface area contributed by atoms with E-state index in [1.165, 1.54) is 32.7 Å². The standard InChI is InChI=1S/C6H14N2.CH3NS/c1-2-8-5-3-7-4-6-8;2-1-3/h7H,2-6H2,1H3;1H,(H2,2,3). The van der Waals surface area contributed by atoms with Gasteiger partial charge >= 0.3 is 0 Å². The smallest absolute Gasteiger partial charge is 0.0588 e. The van der Waals surface area contributed by atoms with Gasteiger partial charge in [0.1, 0.15) is 0 Å². The Balaban J connectivity index is 0.000000292.